The molecule has 1 heterocycles. The van der Waals surface area contributed by atoms with Gasteiger partial charge in [-0.2, -0.15) is 0 Å². The van der Waals surface area contributed by atoms with Gasteiger partial charge in [-0.05, 0) is 88.5 Å². The first-order chi connectivity index (χ1) is 13.0. The van der Waals surface area contributed by atoms with Gasteiger partial charge in [0.2, 0.25) is 0 Å². The average Bonchev–Trinajstić information content (AvgIpc) is 3.40. The van der Waals surface area contributed by atoms with E-state index in [4.69, 9.17) is 4.74 Å². The molecule has 5 nitrogen and oxygen atoms in total. The lowest BCUT2D eigenvalue weighted by Gasteiger charge is -2.54. The van der Waals surface area contributed by atoms with E-state index < -0.39 is 0 Å². The molecule has 5 aliphatic rings. The maximum atomic E-state index is 12.5. The molecular weight excluding hydrogens is 340 g/mol. The van der Waals surface area contributed by atoms with Crippen molar-refractivity contribution in [1.29, 1.82) is 0 Å². The number of amides is 1. The molecule has 0 saturated heterocycles. The highest BCUT2D eigenvalue weighted by molar-refractivity contribution is 5.92. The SMILES string of the molecule is Cc1cc(C(=O)OCC(=O)NC2C3CC4CC(C3)CC2C4)c(C)n1C1CC1. The van der Waals surface area contributed by atoms with E-state index in [1.165, 1.54) is 44.9 Å². The summed E-state index contributed by atoms with van der Waals surface area (Å²) in [7, 11) is 0. The molecule has 5 heteroatoms. The standard InChI is InChI=1S/C22H30N2O3/c1-12-5-19(13(2)24(12)18-3-4-18)22(26)27-11-20(25)23-21-16-7-14-6-15(9-16)10-17(21)8-14/h5,14-18,21H,3-4,6-11H2,1-2H3,(H,23,25). The number of rotatable bonds is 5. The van der Waals surface area contributed by atoms with E-state index in [-0.39, 0.29) is 18.5 Å². The summed E-state index contributed by atoms with van der Waals surface area (Å²) < 4.78 is 7.60. The molecule has 0 aromatic carbocycles. The number of hydrogen-bond acceptors (Lipinski definition) is 3. The first-order valence-electron chi connectivity index (χ1n) is 10.6. The highest BCUT2D eigenvalue weighted by Crippen LogP contribution is 2.53. The van der Waals surface area contributed by atoms with Crippen LogP contribution in [0.3, 0.4) is 0 Å². The van der Waals surface area contributed by atoms with Crippen molar-refractivity contribution in [3.8, 4) is 0 Å². The minimum atomic E-state index is -0.379. The Morgan fingerprint density at radius 2 is 1.70 bits per heavy atom. The van der Waals surface area contributed by atoms with Crippen molar-refractivity contribution in [2.24, 2.45) is 23.7 Å². The summed E-state index contributed by atoms with van der Waals surface area (Å²) in [6, 6.07) is 2.72. The zero-order valence-corrected chi connectivity index (χ0v) is 16.4. The maximum Gasteiger partial charge on any atom is 0.340 e. The molecule has 0 unspecified atom stereocenters. The summed E-state index contributed by atoms with van der Waals surface area (Å²) >= 11 is 0. The van der Waals surface area contributed by atoms with Crippen molar-refractivity contribution in [2.45, 2.75) is 70.9 Å². The third kappa shape index (κ3) is 3.09. The van der Waals surface area contributed by atoms with Crippen LogP contribution in [0.1, 0.15) is 72.7 Å². The predicted molar refractivity (Wildman–Crippen MR) is 101 cm³/mol. The van der Waals surface area contributed by atoms with Crippen molar-refractivity contribution in [1.82, 2.24) is 9.88 Å². The molecule has 1 aromatic rings. The largest absolute Gasteiger partial charge is 0.452 e. The summed E-state index contributed by atoms with van der Waals surface area (Å²) in [6.07, 6.45) is 8.84. The lowest BCUT2D eigenvalue weighted by Crippen LogP contribution is -2.56. The minimum Gasteiger partial charge on any atom is -0.452 e. The Bertz CT molecular complexity index is 749. The molecule has 4 bridgehead atoms. The van der Waals surface area contributed by atoms with Crippen LogP contribution < -0.4 is 5.32 Å². The van der Waals surface area contributed by atoms with Gasteiger partial charge in [-0.1, -0.05) is 0 Å². The van der Waals surface area contributed by atoms with Crippen LogP contribution in [-0.2, 0) is 9.53 Å². The molecule has 27 heavy (non-hydrogen) atoms. The Hall–Kier alpha value is -1.78. The predicted octanol–water partition coefficient (Wildman–Crippen LogP) is 3.54. The Morgan fingerprint density at radius 3 is 2.30 bits per heavy atom. The molecule has 0 atom stereocenters. The topological polar surface area (TPSA) is 60.3 Å². The number of carbonyl (C=O) groups excluding carboxylic acids is 2. The lowest BCUT2D eigenvalue weighted by atomic mass is 9.54. The van der Waals surface area contributed by atoms with E-state index in [1.54, 1.807) is 0 Å². The van der Waals surface area contributed by atoms with Crippen LogP contribution in [-0.4, -0.2) is 29.1 Å². The molecule has 1 amide bonds. The summed E-state index contributed by atoms with van der Waals surface area (Å²) in [4.78, 5) is 25.0. The molecule has 0 aliphatic heterocycles. The Kier molecular flexibility index (Phi) is 4.10. The summed E-state index contributed by atoms with van der Waals surface area (Å²) in [5, 5.41) is 3.21. The van der Waals surface area contributed by atoms with E-state index in [1.807, 2.05) is 19.9 Å². The smallest absolute Gasteiger partial charge is 0.340 e. The molecule has 1 N–H and O–H groups in total. The van der Waals surface area contributed by atoms with Crippen molar-refractivity contribution in [2.75, 3.05) is 6.61 Å². The van der Waals surface area contributed by atoms with E-state index in [2.05, 4.69) is 9.88 Å². The van der Waals surface area contributed by atoms with Crippen molar-refractivity contribution >= 4 is 11.9 Å². The Balaban J connectivity index is 1.18. The third-order valence-corrected chi connectivity index (χ3v) is 7.51. The van der Waals surface area contributed by atoms with Gasteiger partial charge < -0.3 is 14.6 Å². The second kappa shape index (κ2) is 6.39. The number of nitrogens with zero attached hydrogens (tertiary/aromatic N) is 1. The Morgan fingerprint density at radius 1 is 1.07 bits per heavy atom. The normalized spacial score (nSPS) is 33.9. The molecule has 1 aromatic heterocycles. The number of carbonyl (C=O) groups is 2. The van der Waals surface area contributed by atoms with E-state index >= 15 is 0 Å². The highest BCUT2D eigenvalue weighted by atomic mass is 16.5. The fourth-order valence-electron chi connectivity index (χ4n) is 6.48. The number of aromatic nitrogens is 1. The Labute approximate surface area is 160 Å². The molecular formula is C22H30N2O3. The monoisotopic (exact) mass is 370 g/mol. The van der Waals surface area contributed by atoms with Gasteiger partial charge in [0.25, 0.3) is 5.91 Å². The van der Waals surface area contributed by atoms with E-state index in [9.17, 15) is 9.59 Å². The summed E-state index contributed by atoms with van der Waals surface area (Å²) in [5.74, 6) is 2.53. The molecule has 0 radical (unpaired) electrons. The van der Waals surface area contributed by atoms with Gasteiger partial charge in [-0.25, -0.2) is 4.79 Å². The fourth-order valence-corrected chi connectivity index (χ4v) is 6.48. The van der Waals surface area contributed by atoms with Crippen LogP contribution in [0, 0.1) is 37.5 Å². The molecule has 5 aliphatic carbocycles. The minimum absolute atomic E-state index is 0.142. The quantitative estimate of drug-likeness (QED) is 0.807. The maximum absolute atomic E-state index is 12.5. The van der Waals surface area contributed by atoms with Crippen molar-refractivity contribution < 1.29 is 14.3 Å². The highest BCUT2D eigenvalue weighted by Gasteiger charge is 2.48. The summed E-state index contributed by atoms with van der Waals surface area (Å²) in [5.41, 5.74) is 2.66. The van der Waals surface area contributed by atoms with Crippen molar-refractivity contribution in [3.63, 3.8) is 0 Å². The molecule has 146 valence electrons. The van der Waals surface area contributed by atoms with Gasteiger partial charge in [-0.15, -0.1) is 0 Å². The lowest BCUT2D eigenvalue weighted by molar-refractivity contribution is -0.128. The van der Waals surface area contributed by atoms with Gasteiger partial charge in [-0.3, -0.25) is 4.79 Å². The number of nitrogens with one attached hydrogen (secondary N) is 1. The van der Waals surface area contributed by atoms with Crippen LogP contribution in [0.15, 0.2) is 6.07 Å². The van der Waals surface area contributed by atoms with E-state index in [0.29, 0.717) is 29.5 Å². The summed E-state index contributed by atoms with van der Waals surface area (Å²) in [6.45, 7) is 3.83. The molecule has 5 saturated carbocycles. The third-order valence-electron chi connectivity index (χ3n) is 7.51. The van der Waals surface area contributed by atoms with E-state index in [0.717, 1.165) is 23.2 Å². The first-order valence-corrected chi connectivity index (χ1v) is 10.6. The fraction of sp³-hybridized carbons (Fsp3) is 0.727. The number of ether oxygens (including phenoxy) is 1. The van der Waals surface area contributed by atoms with Gasteiger partial charge in [0.15, 0.2) is 6.61 Å². The average molecular weight is 370 g/mol. The zero-order valence-electron chi connectivity index (χ0n) is 16.4. The van der Waals surface area contributed by atoms with Crippen LogP contribution in [0.25, 0.3) is 0 Å². The molecule has 5 fully saturated rings. The van der Waals surface area contributed by atoms with Gasteiger partial charge >= 0.3 is 5.97 Å². The van der Waals surface area contributed by atoms with Gasteiger partial charge in [0.1, 0.15) is 0 Å². The van der Waals surface area contributed by atoms with Gasteiger partial charge in [0.05, 0.1) is 5.56 Å². The van der Waals surface area contributed by atoms with Crippen molar-refractivity contribution in [3.05, 3.63) is 23.0 Å². The molecule has 0 spiro atoms. The van der Waals surface area contributed by atoms with Crippen LogP contribution >= 0.6 is 0 Å². The van der Waals surface area contributed by atoms with Gasteiger partial charge in [0, 0.05) is 23.5 Å². The number of esters is 1. The number of aryl methyl sites for hydroxylation is 1. The first kappa shape index (κ1) is 17.3. The number of hydrogen-bond donors (Lipinski definition) is 1. The van der Waals surface area contributed by atoms with Crippen LogP contribution in [0.4, 0.5) is 0 Å². The second-order valence-electron chi connectivity index (χ2n) is 9.49. The second-order valence-corrected chi connectivity index (χ2v) is 9.49. The zero-order chi connectivity index (χ0) is 18.7. The van der Waals surface area contributed by atoms with Crippen LogP contribution in [0.5, 0.6) is 0 Å². The van der Waals surface area contributed by atoms with Crippen LogP contribution in [0.2, 0.25) is 0 Å². The molecule has 6 rings (SSSR count).